The molecule has 1 aromatic heterocycles. The number of benzene rings is 2. The number of rotatable bonds is 5. The van der Waals surface area contributed by atoms with Crippen molar-refractivity contribution in [3.8, 4) is 5.69 Å². The highest BCUT2D eigenvalue weighted by Crippen LogP contribution is 2.32. The van der Waals surface area contributed by atoms with Crippen molar-refractivity contribution in [2.75, 3.05) is 18.4 Å². The molecule has 1 aliphatic heterocycles. The van der Waals surface area contributed by atoms with Crippen molar-refractivity contribution >= 4 is 33.3 Å². The number of carbonyl (C=O) groups is 1. The van der Waals surface area contributed by atoms with E-state index in [0.29, 0.717) is 31.0 Å². The normalized spacial score (nSPS) is 17.1. The number of para-hydroxylation sites is 1. The van der Waals surface area contributed by atoms with Gasteiger partial charge in [0.05, 0.1) is 16.3 Å². The SMILES string of the molecule is O=C(Nc1c2c(nn1-c1ccccc1)CCC2)C1CCN(S(=O)(=O)c2ccc(Cl)cc2)CC1. The molecular weight excluding hydrogens is 460 g/mol. The maximum Gasteiger partial charge on any atom is 0.243 e. The minimum atomic E-state index is -3.60. The summed E-state index contributed by atoms with van der Waals surface area (Å²) >= 11 is 5.89. The molecule has 0 bridgehead atoms. The van der Waals surface area contributed by atoms with Crippen LogP contribution in [0.5, 0.6) is 0 Å². The van der Waals surface area contributed by atoms with E-state index in [2.05, 4.69) is 5.32 Å². The number of sulfonamides is 1. The molecule has 0 saturated carbocycles. The molecule has 0 radical (unpaired) electrons. The number of fused-ring (bicyclic) bond motifs is 1. The van der Waals surface area contributed by atoms with Gasteiger partial charge in [0.1, 0.15) is 5.82 Å². The van der Waals surface area contributed by atoms with Crippen molar-refractivity contribution in [3.05, 3.63) is 70.9 Å². The second-order valence-electron chi connectivity index (χ2n) is 8.50. The standard InChI is InChI=1S/C24H25ClN4O3S/c25-18-9-11-20(12-10-18)33(31,32)28-15-13-17(14-16-28)24(30)26-23-21-7-4-8-22(21)27-29(23)19-5-2-1-3-6-19/h1-3,5-6,9-12,17H,4,7-8,13-16H2,(H,26,30). The van der Waals surface area contributed by atoms with Gasteiger partial charge >= 0.3 is 0 Å². The summed E-state index contributed by atoms with van der Waals surface area (Å²) in [4.78, 5) is 13.4. The first-order valence-corrected chi connectivity index (χ1v) is 13.0. The van der Waals surface area contributed by atoms with Crippen molar-refractivity contribution < 1.29 is 13.2 Å². The topological polar surface area (TPSA) is 84.3 Å². The van der Waals surface area contributed by atoms with E-state index in [1.807, 2.05) is 35.0 Å². The van der Waals surface area contributed by atoms with E-state index in [1.165, 1.54) is 16.4 Å². The van der Waals surface area contributed by atoms with Gasteiger partial charge in [-0.2, -0.15) is 9.40 Å². The smallest absolute Gasteiger partial charge is 0.243 e. The van der Waals surface area contributed by atoms with Gasteiger partial charge in [-0.05, 0) is 68.5 Å². The monoisotopic (exact) mass is 484 g/mol. The van der Waals surface area contributed by atoms with E-state index >= 15 is 0 Å². The molecule has 3 aromatic rings. The molecule has 5 rings (SSSR count). The number of carbonyl (C=O) groups excluding carboxylic acids is 1. The number of anilines is 1. The number of halogens is 1. The van der Waals surface area contributed by atoms with Crippen LogP contribution in [0.25, 0.3) is 5.69 Å². The maximum absolute atomic E-state index is 13.2. The van der Waals surface area contributed by atoms with Crippen molar-refractivity contribution in [2.24, 2.45) is 5.92 Å². The average Bonchev–Trinajstić information content (AvgIpc) is 3.43. The van der Waals surface area contributed by atoms with E-state index in [1.54, 1.807) is 12.1 Å². The van der Waals surface area contributed by atoms with Crippen LogP contribution in [0.3, 0.4) is 0 Å². The lowest BCUT2D eigenvalue weighted by molar-refractivity contribution is -0.121. The minimum Gasteiger partial charge on any atom is -0.310 e. The zero-order chi connectivity index (χ0) is 23.0. The molecule has 0 spiro atoms. The molecule has 1 N–H and O–H groups in total. The van der Waals surface area contributed by atoms with Crippen LogP contribution in [0.4, 0.5) is 5.82 Å². The Morgan fingerprint density at radius 3 is 2.39 bits per heavy atom. The summed E-state index contributed by atoms with van der Waals surface area (Å²) in [6.45, 7) is 0.609. The maximum atomic E-state index is 13.2. The highest BCUT2D eigenvalue weighted by Gasteiger charge is 2.33. The number of amides is 1. The molecule has 1 saturated heterocycles. The summed E-state index contributed by atoms with van der Waals surface area (Å²) in [7, 11) is -3.60. The predicted molar refractivity (Wildman–Crippen MR) is 127 cm³/mol. The van der Waals surface area contributed by atoms with Gasteiger partial charge in [-0.3, -0.25) is 4.79 Å². The van der Waals surface area contributed by atoms with Gasteiger partial charge in [0.15, 0.2) is 0 Å². The Morgan fingerprint density at radius 2 is 1.70 bits per heavy atom. The molecule has 172 valence electrons. The summed E-state index contributed by atoms with van der Waals surface area (Å²) in [5.41, 5.74) is 3.05. The lowest BCUT2D eigenvalue weighted by Gasteiger charge is -2.30. The number of nitrogens with one attached hydrogen (secondary N) is 1. The Balaban J connectivity index is 1.29. The first-order chi connectivity index (χ1) is 15.9. The minimum absolute atomic E-state index is 0.0784. The van der Waals surface area contributed by atoms with Crippen LogP contribution >= 0.6 is 11.6 Å². The lowest BCUT2D eigenvalue weighted by Crippen LogP contribution is -2.41. The Kier molecular flexibility index (Phi) is 5.99. The number of hydrogen-bond donors (Lipinski definition) is 1. The van der Waals surface area contributed by atoms with E-state index in [9.17, 15) is 13.2 Å². The second-order valence-corrected chi connectivity index (χ2v) is 10.9. The molecule has 0 atom stereocenters. The summed E-state index contributed by atoms with van der Waals surface area (Å²) in [6, 6.07) is 16.0. The number of nitrogens with zero attached hydrogens (tertiary/aromatic N) is 3. The third-order valence-corrected chi connectivity index (χ3v) is 8.59. The fraction of sp³-hybridized carbons (Fsp3) is 0.333. The van der Waals surface area contributed by atoms with Crippen molar-refractivity contribution in [2.45, 2.75) is 37.0 Å². The lowest BCUT2D eigenvalue weighted by atomic mass is 9.97. The number of piperidine rings is 1. The van der Waals surface area contributed by atoms with Gasteiger partial charge in [0, 0.05) is 29.6 Å². The van der Waals surface area contributed by atoms with Gasteiger partial charge < -0.3 is 5.32 Å². The van der Waals surface area contributed by atoms with Crippen molar-refractivity contribution in [3.63, 3.8) is 0 Å². The Morgan fingerprint density at radius 1 is 1.00 bits per heavy atom. The highest BCUT2D eigenvalue weighted by atomic mass is 35.5. The van der Waals surface area contributed by atoms with E-state index < -0.39 is 10.0 Å². The molecule has 33 heavy (non-hydrogen) atoms. The average molecular weight is 485 g/mol. The molecular formula is C24H25ClN4O3S. The number of aromatic nitrogens is 2. The van der Waals surface area contributed by atoms with E-state index in [4.69, 9.17) is 16.7 Å². The number of aryl methyl sites for hydroxylation is 1. The molecule has 2 heterocycles. The second kappa shape index (κ2) is 8.93. The summed E-state index contributed by atoms with van der Waals surface area (Å²) in [5, 5.41) is 8.37. The quantitative estimate of drug-likeness (QED) is 0.592. The van der Waals surface area contributed by atoms with Crippen LogP contribution in [-0.4, -0.2) is 41.5 Å². The van der Waals surface area contributed by atoms with Gasteiger partial charge in [-0.25, -0.2) is 13.1 Å². The summed E-state index contributed by atoms with van der Waals surface area (Å²) < 4.78 is 29.1. The zero-order valence-corrected chi connectivity index (χ0v) is 19.6. The number of hydrogen-bond acceptors (Lipinski definition) is 4. The van der Waals surface area contributed by atoms with Crippen LogP contribution in [-0.2, 0) is 27.7 Å². The zero-order valence-electron chi connectivity index (χ0n) is 18.1. The Hall–Kier alpha value is -2.68. The molecule has 1 aliphatic carbocycles. The Bertz CT molecular complexity index is 1270. The third-order valence-electron chi connectivity index (χ3n) is 6.43. The fourth-order valence-corrected chi connectivity index (χ4v) is 6.20. The first-order valence-electron chi connectivity index (χ1n) is 11.2. The van der Waals surface area contributed by atoms with Crippen LogP contribution in [0.1, 0.15) is 30.5 Å². The van der Waals surface area contributed by atoms with E-state index in [0.717, 1.165) is 42.0 Å². The van der Waals surface area contributed by atoms with Crippen LogP contribution < -0.4 is 5.32 Å². The molecule has 7 nitrogen and oxygen atoms in total. The molecule has 9 heteroatoms. The largest absolute Gasteiger partial charge is 0.310 e. The third kappa shape index (κ3) is 4.30. The van der Waals surface area contributed by atoms with Gasteiger partial charge in [0.2, 0.25) is 15.9 Å². The van der Waals surface area contributed by atoms with Gasteiger partial charge in [0.25, 0.3) is 0 Å². The van der Waals surface area contributed by atoms with Crippen LogP contribution in [0, 0.1) is 5.92 Å². The molecule has 2 aromatic carbocycles. The van der Waals surface area contributed by atoms with Gasteiger partial charge in [-0.1, -0.05) is 29.8 Å². The molecule has 2 aliphatic rings. The van der Waals surface area contributed by atoms with Crippen LogP contribution in [0.15, 0.2) is 59.5 Å². The van der Waals surface area contributed by atoms with Crippen LogP contribution in [0.2, 0.25) is 5.02 Å². The molecule has 1 amide bonds. The first kappa shape index (κ1) is 22.1. The van der Waals surface area contributed by atoms with Crippen molar-refractivity contribution in [1.82, 2.24) is 14.1 Å². The fourth-order valence-electron chi connectivity index (χ4n) is 4.61. The molecule has 1 fully saturated rings. The highest BCUT2D eigenvalue weighted by molar-refractivity contribution is 7.89. The molecule has 0 unspecified atom stereocenters. The summed E-state index contributed by atoms with van der Waals surface area (Å²) in [6.07, 6.45) is 3.80. The Labute approximate surface area is 198 Å². The van der Waals surface area contributed by atoms with Crippen molar-refractivity contribution in [1.29, 1.82) is 0 Å². The summed E-state index contributed by atoms with van der Waals surface area (Å²) in [5.74, 6) is 0.415. The predicted octanol–water partition coefficient (Wildman–Crippen LogP) is 4.05. The van der Waals surface area contributed by atoms with E-state index in [-0.39, 0.29) is 16.7 Å². The van der Waals surface area contributed by atoms with Gasteiger partial charge in [-0.15, -0.1) is 0 Å².